The van der Waals surface area contributed by atoms with E-state index in [0.29, 0.717) is 12.0 Å². The number of rotatable bonds is 4. The molecular weight excluding hydrogens is 342 g/mol. The molecule has 5 heteroatoms. The Morgan fingerprint density at radius 3 is 2.65 bits per heavy atom. The minimum atomic E-state index is -0.229. The van der Waals surface area contributed by atoms with Gasteiger partial charge in [0.05, 0.1) is 11.8 Å². The summed E-state index contributed by atoms with van der Waals surface area (Å²) in [6, 6.07) is 8.95. The van der Waals surface area contributed by atoms with Crippen LogP contribution in [0.5, 0.6) is 0 Å². The lowest BCUT2D eigenvalue weighted by molar-refractivity contribution is 0.0117. The molecule has 26 heavy (non-hydrogen) atoms. The van der Waals surface area contributed by atoms with E-state index in [1.165, 1.54) is 23.3 Å². The Bertz CT molecular complexity index is 696. The molecule has 4 nitrogen and oxygen atoms in total. The minimum absolute atomic E-state index is 0.229. The molecule has 0 amide bonds. The van der Waals surface area contributed by atoms with E-state index in [1.807, 2.05) is 12.3 Å². The van der Waals surface area contributed by atoms with Gasteiger partial charge in [-0.1, -0.05) is 6.07 Å². The number of aliphatic hydroxyl groups excluding tert-OH is 1. The van der Waals surface area contributed by atoms with E-state index in [4.69, 9.17) is 0 Å². The third-order valence-electron chi connectivity index (χ3n) is 6.04. The molecule has 2 aliphatic heterocycles. The van der Waals surface area contributed by atoms with Crippen LogP contribution in [0.15, 0.2) is 35.8 Å². The maximum absolute atomic E-state index is 10.8. The summed E-state index contributed by atoms with van der Waals surface area (Å²) >= 11 is 1.81. The Labute approximate surface area is 160 Å². The zero-order valence-electron chi connectivity index (χ0n) is 15.6. The van der Waals surface area contributed by atoms with Crippen LogP contribution in [0.25, 0.3) is 0 Å². The molecule has 2 atom stereocenters. The molecule has 2 aromatic rings. The lowest BCUT2D eigenvalue weighted by atomic mass is 9.89. The predicted octanol–water partition coefficient (Wildman–Crippen LogP) is 3.27. The van der Waals surface area contributed by atoms with E-state index >= 15 is 0 Å². The van der Waals surface area contributed by atoms with Gasteiger partial charge in [0.2, 0.25) is 0 Å². The lowest BCUT2D eigenvalue weighted by Gasteiger charge is -2.43. The second kappa shape index (κ2) is 8.17. The number of nitrogens with zero attached hydrogens (tertiary/aromatic N) is 3. The molecule has 4 rings (SSSR count). The van der Waals surface area contributed by atoms with Crippen molar-refractivity contribution in [1.82, 2.24) is 14.8 Å². The van der Waals surface area contributed by atoms with Crippen molar-refractivity contribution in [3.8, 4) is 0 Å². The molecule has 2 aliphatic rings. The first-order valence-corrected chi connectivity index (χ1v) is 10.7. The van der Waals surface area contributed by atoms with Crippen LogP contribution in [0.3, 0.4) is 0 Å². The molecule has 2 saturated heterocycles. The molecule has 0 saturated carbocycles. The third kappa shape index (κ3) is 4.01. The quantitative estimate of drug-likeness (QED) is 0.895. The molecule has 4 heterocycles. The van der Waals surface area contributed by atoms with Crippen LogP contribution in [0.2, 0.25) is 0 Å². The van der Waals surface area contributed by atoms with Gasteiger partial charge in [-0.15, -0.1) is 11.3 Å². The Hall–Kier alpha value is -1.27. The SMILES string of the molecule is Cc1ccsc1[C@H]1CCN(C2CCN(Cc3ccccn3)CC2)C[C@@H]1O. The van der Waals surface area contributed by atoms with Gasteiger partial charge in [0.25, 0.3) is 0 Å². The highest BCUT2D eigenvalue weighted by molar-refractivity contribution is 7.10. The third-order valence-corrected chi connectivity index (χ3v) is 7.19. The van der Waals surface area contributed by atoms with Crippen LogP contribution in [0.1, 0.15) is 41.3 Å². The van der Waals surface area contributed by atoms with E-state index in [1.54, 1.807) is 11.3 Å². The largest absolute Gasteiger partial charge is 0.391 e. The molecule has 0 bridgehead atoms. The number of thiophene rings is 1. The molecule has 2 aromatic heterocycles. The van der Waals surface area contributed by atoms with Crippen molar-refractivity contribution < 1.29 is 5.11 Å². The van der Waals surface area contributed by atoms with Gasteiger partial charge < -0.3 is 5.11 Å². The first-order chi connectivity index (χ1) is 12.7. The molecule has 0 unspecified atom stereocenters. The standard InChI is InChI=1S/C21H29N3OS/c1-16-8-13-26-21(16)19-7-12-24(15-20(19)25)18-5-10-23(11-6-18)14-17-4-2-3-9-22-17/h2-4,8-9,13,18-20,25H,5-7,10-12,14-15H2,1H3/t19-,20-/m0/s1. The molecule has 0 spiro atoms. The summed E-state index contributed by atoms with van der Waals surface area (Å²) in [5.41, 5.74) is 2.50. The average molecular weight is 372 g/mol. The maximum Gasteiger partial charge on any atom is 0.0744 e. The number of β-amino-alcohol motifs (C(OH)–C–C–N with tert-alkyl or cyclic N) is 1. The fraction of sp³-hybridized carbons (Fsp3) is 0.571. The number of hydrogen-bond acceptors (Lipinski definition) is 5. The number of likely N-dealkylation sites (tertiary alicyclic amines) is 2. The monoisotopic (exact) mass is 371 g/mol. The fourth-order valence-electron chi connectivity index (χ4n) is 4.52. The summed E-state index contributed by atoms with van der Waals surface area (Å²) in [5.74, 6) is 0.329. The summed E-state index contributed by atoms with van der Waals surface area (Å²) in [4.78, 5) is 10.9. The number of pyridine rings is 1. The lowest BCUT2D eigenvalue weighted by Crippen LogP contribution is -2.51. The van der Waals surface area contributed by atoms with Gasteiger partial charge in [-0.2, -0.15) is 0 Å². The van der Waals surface area contributed by atoms with Gasteiger partial charge in [-0.25, -0.2) is 0 Å². The normalized spacial score (nSPS) is 26.2. The maximum atomic E-state index is 10.8. The van der Waals surface area contributed by atoms with Crippen molar-refractivity contribution in [2.75, 3.05) is 26.2 Å². The van der Waals surface area contributed by atoms with Crippen LogP contribution in [0, 0.1) is 6.92 Å². The number of aryl methyl sites for hydroxylation is 1. The van der Waals surface area contributed by atoms with Gasteiger partial charge in [0.1, 0.15) is 0 Å². The van der Waals surface area contributed by atoms with Crippen molar-refractivity contribution in [3.63, 3.8) is 0 Å². The van der Waals surface area contributed by atoms with Crippen molar-refractivity contribution in [1.29, 1.82) is 0 Å². The molecule has 140 valence electrons. The van der Waals surface area contributed by atoms with Crippen molar-refractivity contribution >= 4 is 11.3 Å². The van der Waals surface area contributed by atoms with E-state index < -0.39 is 0 Å². The first kappa shape index (κ1) is 18.1. The van der Waals surface area contributed by atoms with Gasteiger partial charge in [-0.05, 0) is 61.9 Å². The topological polar surface area (TPSA) is 39.6 Å². The Morgan fingerprint density at radius 2 is 2.00 bits per heavy atom. The van der Waals surface area contributed by atoms with Crippen LogP contribution in [0.4, 0.5) is 0 Å². The van der Waals surface area contributed by atoms with E-state index in [9.17, 15) is 5.11 Å². The summed E-state index contributed by atoms with van der Waals surface area (Å²) in [6.45, 7) is 7.32. The first-order valence-electron chi connectivity index (χ1n) is 9.79. The Balaban J connectivity index is 1.28. The summed E-state index contributed by atoms with van der Waals surface area (Å²) in [5, 5.41) is 12.9. The van der Waals surface area contributed by atoms with Crippen LogP contribution < -0.4 is 0 Å². The molecule has 0 radical (unpaired) electrons. The average Bonchev–Trinajstić information content (AvgIpc) is 3.09. The Kier molecular flexibility index (Phi) is 5.69. The van der Waals surface area contributed by atoms with Gasteiger partial charge in [0.15, 0.2) is 0 Å². The van der Waals surface area contributed by atoms with Crippen molar-refractivity contribution in [2.24, 2.45) is 0 Å². The highest BCUT2D eigenvalue weighted by Gasteiger charge is 2.34. The summed E-state index contributed by atoms with van der Waals surface area (Å²) in [6.07, 6.45) is 5.12. The molecule has 1 N–H and O–H groups in total. The second-order valence-electron chi connectivity index (χ2n) is 7.75. The summed E-state index contributed by atoms with van der Waals surface area (Å²) < 4.78 is 0. The predicted molar refractivity (Wildman–Crippen MR) is 107 cm³/mol. The number of aliphatic hydroxyl groups is 1. The van der Waals surface area contributed by atoms with Gasteiger partial charge in [0, 0.05) is 49.2 Å². The zero-order chi connectivity index (χ0) is 17.9. The highest BCUT2D eigenvalue weighted by atomic mass is 32.1. The summed E-state index contributed by atoms with van der Waals surface area (Å²) in [7, 11) is 0. The molecule has 0 aliphatic carbocycles. The van der Waals surface area contributed by atoms with E-state index in [2.05, 4.69) is 45.3 Å². The van der Waals surface area contributed by atoms with Crippen LogP contribution >= 0.6 is 11.3 Å². The van der Waals surface area contributed by atoms with Crippen molar-refractivity contribution in [3.05, 3.63) is 52.0 Å². The highest BCUT2D eigenvalue weighted by Crippen LogP contribution is 2.35. The van der Waals surface area contributed by atoms with E-state index in [0.717, 1.165) is 44.8 Å². The molecule has 2 fully saturated rings. The second-order valence-corrected chi connectivity index (χ2v) is 8.70. The van der Waals surface area contributed by atoms with Crippen LogP contribution in [-0.2, 0) is 6.54 Å². The number of piperidine rings is 2. The van der Waals surface area contributed by atoms with Gasteiger partial charge >= 0.3 is 0 Å². The number of aromatic nitrogens is 1. The smallest absolute Gasteiger partial charge is 0.0744 e. The fourth-order valence-corrected chi connectivity index (χ4v) is 5.64. The number of hydrogen-bond donors (Lipinski definition) is 1. The molecule has 0 aromatic carbocycles. The molecular formula is C21H29N3OS. The van der Waals surface area contributed by atoms with Crippen LogP contribution in [-0.4, -0.2) is 58.2 Å². The Morgan fingerprint density at radius 1 is 1.15 bits per heavy atom. The minimum Gasteiger partial charge on any atom is -0.391 e. The zero-order valence-corrected chi connectivity index (χ0v) is 16.4. The van der Waals surface area contributed by atoms with Gasteiger partial charge in [-0.3, -0.25) is 14.8 Å². The van der Waals surface area contributed by atoms with Crippen molar-refractivity contribution in [2.45, 2.75) is 50.8 Å². The van der Waals surface area contributed by atoms with E-state index in [-0.39, 0.29) is 6.10 Å².